The zero-order valence-electron chi connectivity index (χ0n) is 7.57. The summed E-state index contributed by atoms with van der Waals surface area (Å²) in [7, 11) is 0. The summed E-state index contributed by atoms with van der Waals surface area (Å²) in [5.74, 6) is 1.44. The first-order chi connectivity index (χ1) is 6.34. The predicted molar refractivity (Wildman–Crippen MR) is 52.7 cm³/mol. The Morgan fingerprint density at radius 1 is 1.54 bits per heavy atom. The number of nitrogens with two attached hydrogens (primary N) is 1. The predicted octanol–water partition coefficient (Wildman–Crippen LogP) is -1.59. The molecule has 4 nitrogen and oxygen atoms in total. The Bertz CT molecular complexity index is 181. The molecule has 1 aliphatic heterocycles. The summed E-state index contributed by atoms with van der Waals surface area (Å²) >= 11 is 1.54. The number of carbonyl (C=O) groups is 1. The van der Waals surface area contributed by atoms with Crippen molar-refractivity contribution in [1.82, 2.24) is 4.90 Å². The third kappa shape index (κ3) is 3.78. The molecule has 0 spiro atoms. The van der Waals surface area contributed by atoms with Crippen LogP contribution in [0.3, 0.4) is 0 Å². The number of ether oxygens (including phenoxy) is 1. The smallest absolute Gasteiger partial charge is 0.232 e. The Kier molecular flexibility index (Phi) is 4.85. The van der Waals surface area contributed by atoms with Crippen LogP contribution in [0.15, 0.2) is 0 Å². The van der Waals surface area contributed by atoms with Gasteiger partial charge in [-0.3, -0.25) is 10.2 Å². The van der Waals surface area contributed by atoms with E-state index in [9.17, 15) is 4.79 Å². The Labute approximate surface area is 82.1 Å². The maximum atomic E-state index is 11.5. The van der Waals surface area contributed by atoms with E-state index in [1.165, 1.54) is 0 Å². The van der Waals surface area contributed by atoms with Crippen LogP contribution < -0.4 is 5.41 Å². The lowest BCUT2D eigenvalue weighted by Gasteiger charge is -2.26. The minimum Gasteiger partial charge on any atom is -0.378 e. The Morgan fingerprint density at radius 2 is 2.23 bits per heavy atom. The van der Waals surface area contributed by atoms with E-state index in [2.05, 4.69) is 0 Å². The number of thioether (sulfide) groups is 1. The van der Waals surface area contributed by atoms with E-state index in [-0.39, 0.29) is 5.91 Å². The molecular weight excluding hydrogens is 188 g/mol. The van der Waals surface area contributed by atoms with Crippen LogP contribution >= 0.6 is 11.8 Å². The maximum absolute atomic E-state index is 11.5. The van der Waals surface area contributed by atoms with Crippen molar-refractivity contribution < 1.29 is 14.9 Å². The summed E-state index contributed by atoms with van der Waals surface area (Å²) in [5.41, 5.74) is 0. The molecule has 2 N–H and O–H groups in total. The molecule has 5 heteroatoms. The first-order valence-corrected chi connectivity index (χ1v) is 5.46. The van der Waals surface area contributed by atoms with E-state index in [4.69, 9.17) is 10.1 Å². The van der Waals surface area contributed by atoms with Gasteiger partial charge in [0.2, 0.25) is 5.91 Å². The molecule has 13 heavy (non-hydrogen) atoms. The summed E-state index contributed by atoms with van der Waals surface area (Å²) < 4.78 is 5.15. The molecule has 1 rings (SSSR count). The largest absolute Gasteiger partial charge is 0.378 e. The number of nitrogens with zero attached hydrogens (tertiary/aromatic N) is 1. The standard InChI is InChI=1S/C8H14N2O2S/c9-1-6-13-7-8(11)10-2-4-12-5-3-10/h1,9H,2-7H2/p+1. The van der Waals surface area contributed by atoms with Gasteiger partial charge in [-0.25, -0.2) is 0 Å². The SMILES string of the molecule is [NH2+]=CCSCC(=O)N1CCOCC1. The van der Waals surface area contributed by atoms with E-state index in [1.54, 1.807) is 18.0 Å². The second kappa shape index (κ2) is 5.99. The molecule has 0 atom stereocenters. The molecule has 0 unspecified atom stereocenters. The monoisotopic (exact) mass is 203 g/mol. The van der Waals surface area contributed by atoms with Gasteiger partial charge in [0.1, 0.15) is 6.21 Å². The van der Waals surface area contributed by atoms with Crippen molar-refractivity contribution in [2.75, 3.05) is 37.8 Å². The summed E-state index contributed by atoms with van der Waals surface area (Å²) in [6.45, 7) is 2.79. The molecule has 1 heterocycles. The molecule has 0 aromatic rings. The average Bonchev–Trinajstić information content (AvgIpc) is 2.19. The number of carbonyl (C=O) groups excluding carboxylic acids is 1. The van der Waals surface area contributed by atoms with Gasteiger partial charge in [0.25, 0.3) is 0 Å². The minimum absolute atomic E-state index is 0.190. The molecule has 74 valence electrons. The lowest BCUT2D eigenvalue weighted by molar-refractivity contribution is -0.132. The molecule has 0 saturated carbocycles. The first-order valence-electron chi connectivity index (χ1n) is 4.31. The molecule has 0 aromatic carbocycles. The molecule has 1 aliphatic rings. The Morgan fingerprint density at radius 3 is 2.85 bits per heavy atom. The lowest BCUT2D eigenvalue weighted by atomic mass is 10.4. The normalized spacial score (nSPS) is 17.1. The highest BCUT2D eigenvalue weighted by molar-refractivity contribution is 8.00. The van der Waals surface area contributed by atoms with E-state index >= 15 is 0 Å². The van der Waals surface area contributed by atoms with Gasteiger partial charge < -0.3 is 9.64 Å². The molecule has 1 amide bonds. The number of hydrogen-bond acceptors (Lipinski definition) is 3. The summed E-state index contributed by atoms with van der Waals surface area (Å²) in [6, 6.07) is 0. The van der Waals surface area contributed by atoms with Gasteiger partial charge in [0, 0.05) is 13.1 Å². The van der Waals surface area contributed by atoms with Crippen LogP contribution in [0.4, 0.5) is 0 Å². The Balaban J connectivity index is 2.17. The van der Waals surface area contributed by atoms with Crippen LogP contribution in [0.1, 0.15) is 0 Å². The molecule has 1 fully saturated rings. The van der Waals surface area contributed by atoms with Crippen molar-refractivity contribution in [3.05, 3.63) is 0 Å². The summed E-state index contributed by atoms with van der Waals surface area (Å²) in [6.07, 6.45) is 1.57. The second-order valence-electron chi connectivity index (χ2n) is 2.74. The fourth-order valence-corrected chi connectivity index (χ4v) is 1.73. The van der Waals surface area contributed by atoms with Crippen molar-refractivity contribution >= 4 is 23.9 Å². The van der Waals surface area contributed by atoms with E-state index in [0.717, 1.165) is 18.8 Å². The van der Waals surface area contributed by atoms with Crippen molar-refractivity contribution in [2.45, 2.75) is 0 Å². The lowest BCUT2D eigenvalue weighted by Crippen LogP contribution is -2.41. The van der Waals surface area contributed by atoms with Crippen LogP contribution in [-0.4, -0.2) is 54.8 Å². The van der Waals surface area contributed by atoms with E-state index in [1.807, 2.05) is 4.90 Å². The van der Waals surface area contributed by atoms with Crippen molar-refractivity contribution in [2.24, 2.45) is 0 Å². The molecular formula is C8H15N2O2S+. The van der Waals surface area contributed by atoms with Gasteiger partial charge in [0.05, 0.1) is 24.7 Å². The number of rotatable bonds is 4. The zero-order chi connectivity index (χ0) is 9.52. The number of amides is 1. The highest BCUT2D eigenvalue weighted by Gasteiger charge is 2.15. The first kappa shape index (κ1) is 10.5. The van der Waals surface area contributed by atoms with Crippen LogP contribution in [0.5, 0.6) is 0 Å². The van der Waals surface area contributed by atoms with E-state index in [0.29, 0.717) is 19.0 Å². The molecule has 0 bridgehead atoms. The summed E-state index contributed by atoms with van der Waals surface area (Å²) in [4.78, 5) is 13.3. The third-order valence-corrected chi connectivity index (χ3v) is 2.68. The quantitative estimate of drug-likeness (QED) is 0.443. The van der Waals surface area contributed by atoms with Crippen LogP contribution in [-0.2, 0) is 9.53 Å². The van der Waals surface area contributed by atoms with Crippen molar-refractivity contribution in [3.63, 3.8) is 0 Å². The molecule has 0 aromatic heterocycles. The van der Waals surface area contributed by atoms with Gasteiger partial charge in [-0.2, -0.15) is 0 Å². The van der Waals surface area contributed by atoms with Crippen molar-refractivity contribution in [3.8, 4) is 0 Å². The second-order valence-corrected chi connectivity index (χ2v) is 3.77. The molecule has 0 aliphatic carbocycles. The summed E-state index contributed by atoms with van der Waals surface area (Å²) in [5, 5.41) is 5.20. The van der Waals surface area contributed by atoms with Gasteiger partial charge >= 0.3 is 0 Å². The topological polar surface area (TPSA) is 55.1 Å². The molecule has 1 saturated heterocycles. The van der Waals surface area contributed by atoms with Crippen molar-refractivity contribution in [1.29, 1.82) is 0 Å². The minimum atomic E-state index is 0.190. The number of morpholine rings is 1. The van der Waals surface area contributed by atoms with Crippen LogP contribution in [0.2, 0.25) is 0 Å². The van der Waals surface area contributed by atoms with Crippen LogP contribution in [0.25, 0.3) is 0 Å². The zero-order valence-corrected chi connectivity index (χ0v) is 8.39. The van der Waals surface area contributed by atoms with Gasteiger partial charge in [0.15, 0.2) is 0 Å². The van der Waals surface area contributed by atoms with Gasteiger partial charge in [-0.05, 0) is 0 Å². The molecule has 0 radical (unpaired) electrons. The van der Waals surface area contributed by atoms with E-state index < -0.39 is 0 Å². The third-order valence-electron chi connectivity index (χ3n) is 1.80. The Hall–Kier alpha value is -0.550. The maximum Gasteiger partial charge on any atom is 0.232 e. The fraction of sp³-hybridized carbons (Fsp3) is 0.750. The average molecular weight is 203 g/mol. The highest BCUT2D eigenvalue weighted by Crippen LogP contribution is 2.03. The van der Waals surface area contributed by atoms with Gasteiger partial charge in [-0.1, -0.05) is 0 Å². The van der Waals surface area contributed by atoms with Crippen LogP contribution in [0, 0.1) is 0 Å². The fourth-order valence-electron chi connectivity index (χ4n) is 1.12. The highest BCUT2D eigenvalue weighted by atomic mass is 32.2. The van der Waals surface area contributed by atoms with Gasteiger partial charge in [-0.15, -0.1) is 11.8 Å². The number of hydrogen-bond donors (Lipinski definition) is 1.